The molecule has 5 heteroatoms. The summed E-state index contributed by atoms with van der Waals surface area (Å²) in [6, 6.07) is 7.73. The Morgan fingerprint density at radius 1 is 1.45 bits per heavy atom. The number of carbonyl (C=O) groups excluding carboxylic acids is 1. The second kappa shape index (κ2) is 5.81. The van der Waals surface area contributed by atoms with Crippen molar-refractivity contribution in [1.82, 2.24) is 10.3 Å². The number of benzene rings is 1. The van der Waals surface area contributed by atoms with Crippen LogP contribution in [0.5, 0.6) is 0 Å². The number of nitrogens with zero attached hydrogens (tertiary/aromatic N) is 1. The molecule has 104 valence electrons. The van der Waals surface area contributed by atoms with Crippen LogP contribution in [0.15, 0.2) is 30.5 Å². The molecular formula is C15H17N3OS. The van der Waals surface area contributed by atoms with Gasteiger partial charge in [-0.15, -0.1) is 0 Å². The van der Waals surface area contributed by atoms with Gasteiger partial charge in [-0.3, -0.25) is 9.78 Å². The minimum Gasteiger partial charge on any atom is -0.324 e. The molecule has 1 unspecified atom stereocenters. The van der Waals surface area contributed by atoms with Gasteiger partial charge in [0.1, 0.15) is 0 Å². The zero-order chi connectivity index (χ0) is 13.9. The molecule has 0 bridgehead atoms. The average Bonchev–Trinajstić information content (AvgIpc) is 2.51. The number of anilines is 1. The summed E-state index contributed by atoms with van der Waals surface area (Å²) in [4.78, 5) is 16.7. The van der Waals surface area contributed by atoms with Crippen LogP contribution in [-0.4, -0.2) is 35.0 Å². The van der Waals surface area contributed by atoms with Crippen molar-refractivity contribution in [3.63, 3.8) is 0 Å². The minimum absolute atomic E-state index is 0.0335. The SMILES string of the molecule is Cc1ccc(NC(=O)C2CSCCN2)c2cccnc12. The summed E-state index contributed by atoms with van der Waals surface area (Å²) in [5, 5.41) is 7.27. The van der Waals surface area contributed by atoms with E-state index in [9.17, 15) is 4.79 Å². The second-order valence-electron chi connectivity index (χ2n) is 4.90. The molecule has 1 aromatic carbocycles. The molecule has 1 aliphatic rings. The molecular weight excluding hydrogens is 270 g/mol. The Morgan fingerprint density at radius 3 is 3.15 bits per heavy atom. The standard InChI is InChI=1S/C15H17N3OS/c1-10-4-5-12(11-3-2-6-17-14(10)11)18-15(19)13-9-20-8-7-16-13/h2-6,13,16H,7-9H2,1H3,(H,18,19). The Hall–Kier alpha value is -1.59. The van der Waals surface area contributed by atoms with Gasteiger partial charge in [-0.25, -0.2) is 0 Å². The summed E-state index contributed by atoms with van der Waals surface area (Å²) in [5.41, 5.74) is 2.89. The zero-order valence-corrected chi connectivity index (χ0v) is 12.2. The maximum Gasteiger partial charge on any atom is 0.242 e. The van der Waals surface area contributed by atoms with Crippen LogP contribution in [0, 0.1) is 6.92 Å². The van der Waals surface area contributed by atoms with E-state index in [1.165, 1.54) is 0 Å². The van der Waals surface area contributed by atoms with Crippen molar-refractivity contribution in [3.8, 4) is 0 Å². The van der Waals surface area contributed by atoms with Gasteiger partial charge in [-0.05, 0) is 30.7 Å². The summed E-state index contributed by atoms with van der Waals surface area (Å²) in [7, 11) is 0. The third-order valence-electron chi connectivity index (χ3n) is 3.47. The maximum absolute atomic E-state index is 12.3. The van der Waals surface area contributed by atoms with Crippen molar-refractivity contribution in [2.24, 2.45) is 0 Å². The Bertz CT molecular complexity index is 638. The molecule has 1 fully saturated rings. The Labute approximate surface area is 122 Å². The first kappa shape index (κ1) is 13.4. The predicted octanol–water partition coefficient (Wildman–Crippen LogP) is 2.19. The summed E-state index contributed by atoms with van der Waals surface area (Å²) in [6.07, 6.45) is 1.78. The number of thioether (sulfide) groups is 1. The van der Waals surface area contributed by atoms with Gasteiger partial charge >= 0.3 is 0 Å². The number of aromatic nitrogens is 1. The highest BCUT2D eigenvalue weighted by molar-refractivity contribution is 7.99. The van der Waals surface area contributed by atoms with Crippen LogP contribution >= 0.6 is 11.8 Å². The Morgan fingerprint density at radius 2 is 2.35 bits per heavy atom. The Kier molecular flexibility index (Phi) is 3.89. The highest BCUT2D eigenvalue weighted by atomic mass is 32.2. The molecule has 0 aliphatic carbocycles. The third-order valence-corrected chi connectivity index (χ3v) is 4.53. The first-order chi connectivity index (χ1) is 9.75. The summed E-state index contributed by atoms with van der Waals surface area (Å²) in [5.74, 6) is 1.93. The van der Waals surface area contributed by atoms with E-state index in [-0.39, 0.29) is 11.9 Å². The lowest BCUT2D eigenvalue weighted by atomic mass is 10.1. The van der Waals surface area contributed by atoms with Gasteiger partial charge in [-0.2, -0.15) is 11.8 Å². The highest BCUT2D eigenvalue weighted by Crippen LogP contribution is 2.24. The molecule has 0 saturated carbocycles. The van der Waals surface area contributed by atoms with E-state index in [0.717, 1.165) is 40.2 Å². The van der Waals surface area contributed by atoms with Crippen LogP contribution in [0.2, 0.25) is 0 Å². The number of hydrogen-bond donors (Lipinski definition) is 2. The largest absolute Gasteiger partial charge is 0.324 e. The van der Waals surface area contributed by atoms with Gasteiger partial charge in [0.25, 0.3) is 0 Å². The molecule has 20 heavy (non-hydrogen) atoms. The minimum atomic E-state index is -0.109. The van der Waals surface area contributed by atoms with Crippen LogP contribution < -0.4 is 10.6 Å². The molecule has 1 saturated heterocycles. The topological polar surface area (TPSA) is 54.0 Å². The van der Waals surface area contributed by atoms with E-state index < -0.39 is 0 Å². The van der Waals surface area contributed by atoms with Gasteiger partial charge in [0.15, 0.2) is 0 Å². The number of hydrogen-bond acceptors (Lipinski definition) is 4. The van der Waals surface area contributed by atoms with Crippen molar-refractivity contribution >= 4 is 34.3 Å². The first-order valence-corrected chi connectivity index (χ1v) is 7.87. The molecule has 1 aromatic heterocycles. The lowest BCUT2D eigenvalue weighted by Gasteiger charge is -2.22. The van der Waals surface area contributed by atoms with Crippen LogP contribution in [-0.2, 0) is 4.79 Å². The number of carbonyl (C=O) groups is 1. The monoisotopic (exact) mass is 287 g/mol. The van der Waals surface area contributed by atoms with Gasteiger partial charge < -0.3 is 10.6 Å². The van der Waals surface area contributed by atoms with E-state index in [1.807, 2.05) is 43.0 Å². The van der Waals surface area contributed by atoms with E-state index in [1.54, 1.807) is 6.20 Å². The number of fused-ring (bicyclic) bond motifs is 1. The van der Waals surface area contributed by atoms with E-state index in [2.05, 4.69) is 15.6 Å². The lowest BCUT2D eigenvalue weighted by molar-refractivity contribution is -0.117. The van der Waals surface area contributed by atoms with E-state index >= 15 is 0 Å². The van der Waals surface area contributed by atoms with E-state index in [0.29, 0.717) is 0 Å². The second-order valence-corrected chi connectivity index (χ2v) is 6.05. The predicted molar refractivity (Wildman–Crippen MR) is 84.2 cm³/mol. The van der Waals surface area contributed by atoms with Gasteiger partial charge in [0.05, 0.1) is 17.2 Å². The summed E-state index contributed by atoms with van der Waals surface area (Å²) < 4.78 is 0. The quantitative estimate of drug-likeness (QED) is 0.889. The van der Waals surface area contributed by atoms with Crippen molar-refractivity contribution in [1.29, 1.82) is 0 Å². The maximum atomic E-state index is 12.3. The highest BCUT2D eigenvalue weighted by Gasteiger charge is 2.21. The average molecular weight is 287 g/mol. The van der Waals surface area contributed by atoms with Crippen molar-refractivity contribution in [2.45, 2.75) is 13.0 Å². The molecule has 2 heterocycles. The number of pyridine rings is 1. The van der Waals surface area contributed by atoms with Crippen molar-refractivity contribution in [3.05, 3.63) is 36.0 Å². The van der Waals surface area contributed by atoms with Crippen LogP contribution in [0.25, 0.3) is 10.9 Å². The number of nitrogens with one attached hydrogen (secondary N) is 2. The molecule has 0 spiro atoms. The normalized spacial score (nSPS) is 18.9. The molecule has 3 rings (SSSR count). The molecule has 4 nitrogen and oxygen atoms in total. The van der Waals surface area contributed by atoms with Gasteiger partial charge in [0.2, 0.25) is 5.91 Å². The lowest BCUT2D eigenvalue weighted by Crippen LogP contribution is -2.46. The van der Waals surface area contributed by atoms with Gasteiger partial charge in [-0.1, -0.05) is 6.07 Å². The number of rotatable bonds is 2. The summed E-state index contributed by atoms with van der Waals surface area (Å²) in [6.45, 7) is 2.92. The number of aryl methyl sites for hydroxylation is 1. The first-order valence-electron chi connectivity index (χ1n) is 6.72. The summed E-state index contributed by atoms with van der Waals surface area (Å²) >= 11 is 1.81. The van der Waals surface area contributed by atoms with Crippen LogP contribution in [0.1, 0.15) is 5.56 Å². The van der Waals surface area contributed by atoms with Gasteiger partial charge in [0, 0.05) is 29.6 Å². The third kappa shape index (κ3) is 2.64. The number of amides is 1. The Balaban J connectivity index is 1.87. The van der Waals surface area contributed by atoms with Crippen LogP contribution in [0.3, 0.4) is 0 Å². The molecule has 2 N–H and O–H groups in total. The molecule has 2 aromatic rings. The fourth-order valence-corrected chi connectivity index (χ4v) is 3.31. The van der Waals surface area contributed by atoms with Crippen molar-refractivity contribution in [2.75, 3.05) is 23.4 Å². The van der Waals surface area contributed by atoms with E-state index in [4.69, 9.17) is 0 Å². The smallest absolute Gasteiger partial charge is 0.242 e. The fourth-order valence-electron chi connectivity index (χ4n) is 2.38. The van der Waals surface area contributed by atoms with Crippen molar-refractivity contribution < 1.29 is 4.79 Å². The molecule has 1 atom stereocenters. The molecule has 1 amide bonds. The zero-order valence-electron chi connectivity index (χ0n) is 11.3. The van der Waals surface area contributed by atoms with Crippen LogP contribution in [0.4, 0.5) is 5.69 Å². The molecule has 0 radical (unpaired) electrons. The fraction of sp³-hybridized carbons (Fsp3) is 0.333. The molecule has 1 aliphatic heterocycles.